The van der Waals surface area contributed by atoms with Crippen LogP contribution >= 0.6 is 0 Å². The standard InChI is InChI=1S/C29H38FNO4/c1-5-21(15-27(33)34)28-25(11-8-12-26(28)30)19(2)35-18-24(32)17-31-29(3,4)16-20-13-22-9-6-7-10-23(22)14-20/h6-12,15,19-20,24,31-32H,5,13-14,16-18H2,1-4H3,(H,33,34)/b21-15+/t19-,24+/m1/s1. The average molecular weight is 484 g/mol. The number of carbonyl (C=O) groups is 1. The maximum Gasteiger partial charge on any atom is 0.328 e. The van der Waals surface area contributed by atoms with Crippen molar-refractivity contribution in [2.45, 2.75) is 71.1 Å². The number of hydrogen-bond donors (Lipinski definition) is 3. The smallest absolute Gasteiger partial charge is 0.328 e. The molecule has 2 aromatic rings. The van der Waals surface area contributed by atoms with E-state index in [1.165, 1.54) is 17.2 Å². The molecule has 0 saturated heterocycles. The molecule has 0 fully saturated rings. The van der Waals surface area contributed by atoms with Crippen LogP contribution < -0.4 is 5.32 Å². The largest absolute Gasteiger partial charge is 0.478 e. The van der Waals surface area contributed by atoms with E-state index in [4.69, 9.17) is 9.84 Å². The van der Waals surface area contributed by atoms with E-state index in [2.05, 4.69) is 43.4 Å². The summed E-state index contributed by atoms with van der Waals surface area (Å²) in [4.78, 5) is 11.2. The normalized spacial score (nSPS) is 16.2. The molecule has 0 aromatic heterocycles. The van der Waals surface area contributed by atoms with Gasteiger partial charge in [-0.2, -0.15) is 0 Å². The first-order valence-electron chi connectivity index (χ1n) is 12.4. The molecular weight excluding hydrogens is 445 g/mol. The number of aliphatic carboxylic acids is 1. The second-order valence-corrected chi connectivity index (χ2v) is 10.2. The highest BCUT2D eigenvalue weighted by Crippen LogP contribution is 2.33. The van der Waals surface area contributed by atoms with Gasteiger partial charge in [-0.15, -0.1) is 0 Å². The lowest BCUT2D eigenvalue weighted by Gasteiger charge is -2.31. The first-order valence-corrected chi connectivity index (χ1v) is 12.4. The molecule has 190 valence electrons. The van der Waals surface area contributed by atoms with E-state index < -0.39 is 24.0 Å². The van der Waals surface area contributed by atoms with Crippen LogP contribution in [0.3, 0.4) is 0 Å². The molecule has 0 aliphatic heterocycles. The Bertz CT molecular complexity index is 1020. The fourth-order valence-corrected chi connectivity index (χ4v) is 5.10. The number of carboxylic acid groups (broad SMARTS) is 1. The molecule has 2 aromatic carbocycles. The Hall–Kier alpha value is -2.54. The third-order valence-corrected chi connectivity index (χ3v) is 6.77. The fourth-order valence-electron chi connectivity index (χ4n) is 5.10. The van der Waals surface area contributed by atoms with Crippen LogP contribution in [0, 0.1) is 11.7 Å². The van der Waals surface area contributed by atoms with Crippen molar-refractivity contribution in [2.75, 3.05) is 13.2 Å². The maximum atomic E-state index is 14.7. The zero-order chi connectivity index (χ0) is 25.6. The van der Waals surface area contributed by atoms with Gasteiger partial charge in [-0.05, 0) is 80.7 Å². The van der Waals surface area contributed by atoms with E-state index in [9.17, 15) is 14.3 Å². The summed E-state index contributed by atoms with van der Waals surface area (Å²) in [6.45, 7) is 8.36. The number of β-amino-alcohol motifs (C(OH)–C–C–N with tert-alkyl or cyclic N) is 1. The number of benzene rings is 2. The van der Waals surface area contributed by atoms with Crippen LogP contribution in [0.4, 0.5) is 4.39 Å². The molecule has 1 aliphatic carbocycles. The summed E-state index contributed by atoms with van der Waals surface area (Å²) in [5, 5.41) is 23.2. The van der Waals surface area contributed by atoms with Gasteiger partial charge >= 0.3 is 5.97 Å². The Labute approximate surface area is 208 Å². The van der Waals surface area contributed by atoms with E-state index in [0.29, 0.717) is 30.0 Å². The molecule has 6 heteroatoms. The molecule has 0 bridgehead atoms. The van der Waals surface area contributed by atoms with Gasteiger partial charge in [-0.25, -0.2) is 9.18 Å². The predicted octanol–water partition coefficient (Wildman–Crippen LogP) is 5.32. The summed E-state index contributed by atoms with van der Waals surface area (Å²) in [6, 6.07) is 13.3. The zero-order valence-electron chi connectivity index (χ0n) is 21.2. The van der Waals surface area contributed by atoms with Crippen LogP contribution in [0.2, 0.25) is 0 Å². The molecular formula is C29H38FNO4. The van der Waals surface area contributed by atoms with Crippen molar-refractivity contribution in [1.29, 1.82) is 0 Å². The van der Waals surface area contributed by atoms with E-state index in [1.54, 1.807) is 26.0 Å². The lowest BCUT2D eigenvalue weighted by molar-refractivity contribution is -0.131. The molecule has 5 nitrogen and oxygen atoms in total. The molecule has 0 unspecified atom stereocenters. The topological polar surface area (TPSA) is 78.8 Å². The van der Waals surface area contributed by atoms with Crippen molar-refractivity contribution in [3.8, 4) is 0 Å². The number of rotatable bonds is 12. The number of halogens is 1. The monoisotopic (exact) mass is 483 g/mol. The van der Waals surface area contributed by atoms with Crippen molar-refractivity contribution in [3.63, 3.8) is 0 Å². The van der Waals surface area contributed by atoms with Gasteiger partial charge in [0.2, 0.25) is 0 Å². The summed E-state index contributed by atoms with van der Waals surface area (Å²) >= 11 is 0. The van der Waals surface area contributed by atoms with Crippen LogP contribution in [0.5, 0.6) is 0 Å². The van der Waals surface area contributed by atoms with Crippen molar-refractivity contribution >= 4 is 11.5 Å². The minimum absolute atomic E-state index is 0.0825. The van der Waals surface area contributed by atoms with E-state index in [1.807, 2.05) is 0 Å². The second-order valence-electron chi connectivity index (χ2n) is 10.2. The van der Waals surface area contributed by atoms with Crippen LogP contribution in [-0.4, -0.2) is 41.0 Å². The molecule has 3 N–H and O–H groups in total. The Morgan fingerprint density at radius 2 is 1.86 bits per heavy atom. The average Bonchev–Trinajstić information content (AvgIpc) is 3.21. The number of fused-ring (bicyclic) bond motifs is 1. The van der Waals surface area contributed by atoms with Crippen molar-refractivity contribution in [3.05, 3.63) is 76.6 Å². The first kappa shape index (κ1) is 27.1. The highest BCUT2D eigenvalue weighted by atomic mass is 19.1. The number of ether oxygens (including phenoxy) is 1. The molecule has 2 atom stereocenters. The Morgan fingerprint density at radius 1 is 1.20 bits per heavy atom. The van der Waals surface area contributed by atoms with E-state index in [-0.39, 0.29) is 17.7 Å². The van der Waals surface area contributed by atoms with Crippen LogP contribution in [-0.2, 0) is 22.4 Å². The number of aliphatic hydroxyl groups is 1. The maximum absolute atomic E-state index is 14.7. The Balaban J connectivity index is 1.53. The van der Waals surface area contributed by atoms with E-state index >= 15 is 0 Å². The number of aliphatic hydroxyl groups excluding tert-OH is 1. The quantitative estimate of drug-likeness (QED) is 0.356. The van der Waals surface area contributed by atoms with Gasteiger partial charge in [-0.3, -0.25) is 0 Å². The number of hydrogen-bond acceptors (Lipinski definition) is 4. The number of nitrogens with one attached hydrogen (secondary N) is 1. The van der Waals surface area contributed by atoms with Crippen molar-refractivity contribution in [2.24, 2.45) is 5.92 Å². The highest BCUT2D eigenvalue weighted by Gasteiger charge is 2.28. The molecule has 0 heterocycles. The Kier molecular flexibility index (Phi) is 9.22. The first-order chi connectivity index (χ1) is 16.6. The minimum atomic E-state index is -1.12. The van der Waals surface area contributed by atoms with Gasteiger partial charge < -0.3 is 20.3 Å². The summed E-state index contributed by atoms with van der Waals surface area (Å²) in [5.41, 5.74) is 3.98. The third kappa shape index (κ3) is 7.47. The third-order valence-electron chi connectivity index (χ3n) is 6.77. The summed E-state index contributed by atoms with van der Waals surface area (Å²) in [7, 11) is 0. The van der Waals surface area contributed by atoms with Crippen molar-refractivity contribution < 1.29 is 24.1 Å². The Morgan fingerprint density at radius 3 is 2.46 bits per heavy atom. The molecule has 0 saturated carbocycles. The predicted molar refractivity (Wildman–Crippen MR) is 137 cm³/mol. The number of allylic oxidation sites excluding steroid dienone is 1. The fraction of sp³-hybridized carbons (Fsp3) is 0.483. The molecule has 3 rings (SSSR count). The molecule has 1 aliphatic rings. The van der Waals surface area contributed by atoms with Gasteiger partial charge in [0.1, 0.15) is 5.82 Å². The van der Waals surface area contributed by atoms with Crippen LogP contribution in [0.15, 0.2) is 48.5 Å². The minimum Gasteiger partial charge on any atom is -0.478 e. The van der Waals surface area contributed by atoms with Gasteiger partial charge in [0.25, 0.3) is 0 Å². The van der Waals surface area contributed by atoms with Crippen molar-refractivity contribution in [1.82, 2.24) is 5.32 Å². The zero-order valence-corrected chi connectivity index (χ0v) is 21.2. The SMILES string of the molecule is CC/C(=C\C(=O)O)c1c(F)cccc1[C@@H](C)OC[C@@H](O)CNC(C)(C)CC1Cc2ccccc2C1. The molecule has 0 radical (unpaired) electrons. The van der Waals surface area contributed by atoms with Crippen LogP contribution in [0.25, 0.3) is 5.57 Å². The van der Waals surface area contributed by atoms with Gasteiger partial charge in [0, 0.05) is 23.7 Å². The molecule has 35 heavy (non-hydrogen) atoms. The van der Waals surface area contributed by atoms with Gasteiger partial charge in [0.05, 0.1) is 18.8 Å². The molecule has 0 amide bonds. The van der Waals surface area contributed by atoms with Crippen LogP contribution in [0.1, 0.15) is 68.9 Å². The summed E-state index contributed by atoms with van der Waals surface area (Å²) < 4.78 is 20.5. The van der Waals surface area contributed by atoms with E-state index in [0.717, 1.165) is 25.3 Å². The number of carboxylic acids is 1. The second kappa shape index (κ2) is 11.9. The van der Waals surface area contributed by atoms with Gasteiger partial charge in [0.15, 0.2) is 0 Å². The highest BCUT2D eigenvalue weighted by molar-refractivity contribution is 5.90. The van der Waals surface area contributed by atoms with Gasteiger partial charge in [-0.1, -0.05) is 43.3 Å². The molecule has 0 spiro atoms. The summed E-state index contributed by atoms with van der Waals surface area (Å²) in [5.74, 6) is -1.01. The summed E-state index contributed by atoms with van der Waals surface area (Å²) in [6.07, 6.45) is 3.37. The lowest BCUT2D eigenvalue weighted by atomic mass is 9.88. The lowest BCUT2D eigenvalue weighted by Crippen LogP contribution is -2.45.